The van der Waals surface area contributed by atoms with Crippen LogP contribution in [0.5, 0.6) is 0 Å². The number of benzene rings is 1. The number of rotatable bonds is 1. The summed E-state index contributed by atoms with van der Waals surface area (Å²) in [7, 11) is 0. The summed E-state index contributed by atoms with van der Waals surface area (Å²) in [6.45, 7) is 2.85. The molecule has 0 spiro atoms. The second-order valence-electron chi connectivity index (χ2n) is 5.59. The minimum absolute atomic E-state index is 0.0533. The molecular weight excluding hydrogens is 214 g/mol. The number of hydrogen-bond acceptors (Lipinski definition) is 2. The molecule has 3 aliphatic rings. The van der Waals surface area contributed by atoms with Gasteiger partial charge in [-0.2, -0.15) is 0 Å². The maximum absolute atomic E-state index is 12.3. The molecule has 4 atom stereocenters. The van der Waals surface area contributed by atoms with Crippen molar-refractivity contribution in [3.8, 4) is 0 Å². The quantitative estimate of drug-likeness (QED) is 0.736. The summed E-state index contributed by atoms with van der Waals surface area (Å²) in [5.41, 5.74) is 1.04. The first-order valence-electron chi connectivity index (χ1n) is 6.21. The number of amides is 1. The first kappa shape index (κ1) is 9.66. The van der Waals surface area contributed by atoms with E-state index in [9.17, 15) is 4.79 Å². The van der Waals surface area contributed by atoms with Gasteiger partial charge in [0, 0.05) is 11.5 Å². The van der Waals surface area contributed by atoms with Crippen LogP contribution in [0.15, 0.2) is 30.3 Å². The lowest BCUT2D eigenvalue weighted by Gasteiger charge is -2.32. The molecule has 0 radical (unpaired) electrons. The van der Waals surface area contributed by atoms with E-state index in [2.05, 4.69) is 6.92 Å². The number of fused-ring (bicyclic) bond motifs is 3. The van der Waals surface area contributed by atoms with Gasteiger partial charge in [0.15, 0.2) is 6.23 Å². The van der Waals surface area contributed by atoms with Crippen molar-refractivity contribution < 1.29 is 9.53 Å². The number of carbonyl (C=O) groups is 1. The monoisotopic (exact) mass is 229 g/mol. The molecule has 0 aromatic heterocycles. The van der Waals surface area contributed by atoms with Crippen molar-refractivity contribution in [2.75, 3.05) is 6.61 Å². The third kappa shape index (κ3) is 1.08. The highest BCUT2D eigenvalue weighted by molar-refractivity contribution is 5.87. The Morgan fingerprint density at radius 3 is 2.88 bits per heavy atom. The molecule has 2 aliphatic heterocycles. The van der Waals surface area contributed by atoms with E-state index >= 15 is 0 Å². The molecule has 1 aromatic carbocycles. The van der Waals surface area contributed by atoms with E-state index in [-0.39, 0.29) is 17.7 Å². The molecule has 2 saturated heterocycles. The van der Waals surface area contributed by atoms with Gasteiger partial charge in [-0.25, -0.2) is 0 Å². The summed E-state index contributed by atoms with van der Waals surface area (Å²) in [5.74, 6) is 1.11. The van der Waals surface area contributed by atoms with Crippen LogP contribution in [-0.2, 0) is 9.53 Å². The number of hydrogen-bond donors (Lipinski definition) is 0. The fraction of sp³-hybridized carbons (Fsp3) is 0.500. The summed E-state index contributed by atoms with van der Waals surface area (Å²) < 4.78 is 5.88. The van der Waals surface area contributed by atoms with E-state index < -0.39 is 0 Å². The van der Waals surface area contributed by atoms with Crippen LogP contribution in [0.3, 0.4) is 0 Å². The zero-order valence-corrected chi connectivity index (χ0v) is 9.80. The zero-order valence-electron chi connectivity index (χ0n) is 9.80. The van der Waals surface area contributed by atoms with Crippen LogP contribution in [0.4, 0.5) is 0 Å². The fourth-order valence-electron chi connectivity index (χ4n) is 3.51. The molecule has 1 saturated carbocycles. The first-order chi connectivity index (χ1) is 8.22. The zero-order chi connectivity index (χ0) is 11.6. The van der Waals surface area contributed by atoms with Gasteiger partial charge in [0.25, 0.3) is 0 Å². The van der Waals surface area contributed by atoms with Gasteiger partial charge in [-0.15, -0.1) is 0 Å². The molecule has 3 nitrogen and oxygen atoms in total. The Bertz CT molecular complexity index is 486. The van der Waals surface area contributed by atoms with Crippen LogP contribution in [0.25, 0.3) is 0 Å². The van der Waals surface area contributed by atoms with Crippen molar-refractivity contribution in [1.82, 2.24) is 4.90 Å². The predicted molar refractivity (Wildman–Crippen MR) is 62.0 cm³/mol. The van der Waals surface area contributed by atoms with Crippen LogP contribution in [0.1, 0.15) is 25.1 Å². The van der Waals surface area contributed by atoms with Crippen LogP contribution in [-0.4, -0.2) is 23.0 Å². The van der Waals surface area contributed by atoms with E-state index in [1.54, 1.807) is 0 Å². The van der Waals surface area contributed by atoms with Gasteiger partial charge in [0.1, 0.15) is 0 Å². The van der Waals surface area contributed by atoms with E-state index in [4.69, 9.17) is 4.74 Å². The summed E-state index contributed by atoms with van der Waals surface area (Å²) in [4.78, 5) is 14.3. The van der Waals surface area contributed by atoms with Gasteiger partial charge in [0.05, 0.1) is 12.1 Å². The number of nitrogens with zero attached hydrogens (tertiary/aromatic N) is 1. The molecule has 17 heavy (non-hydrogen) atoms. The maximum Gasteiger partial charge on any atom is 0.228 e. The number of ether oxygens (including phenoxy) is 1. The molecule has 0 bridgehead atoms. The molecule has 1 aliphatic carbocycles. The average molecular weight is 229 g/mol. The van der Waals surface area contributed by atoms with Gasteiger partial charge < -0.3 is 9.64 Å². The molecule has 2 heterocycles. The third-order valence-corrected chi connectivity index (χ3v) is 4.55. The van der Waals surface area contributed by atoms with E-state index in [0.717, 1.165) is 12.0 Å². The van der Waals surface area contributed by atoms with Crippen LogP contribution >= 0.6 is 0 Å². The standard InChI is InChI=1S/C14H15NO2/c1-14-8-17-13(9-5-3-2-4-6-9)15(14)12(16)10-7-11(10)14/h2-6,10-11,13H,7-8H2,1H3/t10?,11?,13?,14-/m0/s1. The summed E-state index contributed by atoms with van der Waals surface area (Å²) >= 11 is 0. The van der Waals surface area contributed by atoms with Crippen LogP contribution < -0.4 is 0 Å². The van der Waals surface area contributed by atoms with Crippen molar-refractivity contribution in [2.45, 2.75) is 25.1 Å². The minimum atomic E-state index is -0.165. The van der Waals surface area contributed by atoms with E-state index in [0.29, 0.717) is 18.4 Å². The third-order valence-electron chi connectivity index (χ3n) is 4.55. The molecule has 1 amide bonds. The van der Waals surface area contributed by atoms with Crippen molar-refractivity contribution in [3.05, 3.63) is 35.9 Å². The van der Waals surface area contributed by atoms with Crippen molar-refractivity contribution in [2.24, 2.45) is 11.8 Å². The second kappa shape index (κ2) is 2.91. The van der Waals surface area contributed by atoms with Crippen molar-refractivity contribution in [3.63, 3.8) is 0 Å². The smallest absolute Gasteiger partial charge is 0.228 e. The fourth-order valence-corrected chi connectivity index (χ4v) is 3.51. The minimum Gasteiger partial charge on any atom is -0.351 e. The molecule has 4 rings (SSSR count). The molecular formula is C14H15NO2. The van der Waals surface area contributed by atoms with Gasteiger partial charge in [0.2, 0.25) is 5.91 Å². The maximum atomic E-state index is 12.3. The first-order valence-corrected chi connectivity index (χ1v) is 6.21. The lowest BCUT2D eigenvalue weighted by Crippen LogP contribution is -2.44. The van der Waals surface area contributed by atoms with E-state index in [1.807, 2.05) is 35.2 Å². The van der Waals surface area contributed by atoms with Crippen LogP contribution in [0, 0.1) is 11.8 Å². The highest BCUT2D eigenvalue weighted by Crippen LogP contribution is 2.61. The Morgan fingerprint density at radius 1 is 1.35 bits per heavy atom. The number of piperidine rings is 1. The lowest BCUT2D eigenvalue weighted by molar-refractivity contribution is -0.138. The van der Waals surface area contributed by atoms with E-state index in [1.165, 1.54) is 0 Å². The Balaban J connectivity index is 1.75. The van der Waals surface area contributed by atoms with Gasteiger partial charge in [-0.05, 0) is 19.3 Å². The molecule has 3 unspecified atom stereocenters. The Labute approximate surface area is 100 Å². The Morgan fingerprint density at radius 2 is 2.12 bits per heavy atom. The molecule has 0 N–H and O–H groups in total. The Kier molecular flexibility index (Phi) is 1.65. The lowest BCUT2D eigenvalue weighted by atomic mass is 9.98. The van der Waals surface area contributed by atoms with Gasteiger partial charge in [-0.3, -0.25) is 4.79 Å². The second-order valence-corrected chi connectivity index (χ2v) is 5.59. The Hall–Kier alpha value is -1.35. The highest BCUT2D eigenvalue weighted by Gasteiger charge is 2.69. The van der Waals surface area contributed by atoms with Crippen LogP contribution in [0.2, 0.25) is 0 Å². The molecule has 88 valence electrons. The summed E-state index contributed by atoms with van der Waals surface area (Å²) in [6.07, 6.45) is 0.901. The SMILES string of the molecule is C[C@@]12COC(c3ccccc3)N1C(=O)C1CC12. The van der Waals surface area contributed by atoms with Crippen molar-refractivity contribution >= 4 is 5.91 Å². The van der Waals surface area contributed by atoms with Crippen molar-refractivity contribution in [1.29, 1.82) is 0 Å². The molecule has 1 aromatic rings. The highest BCUT2D eigenvalue weighted by atomic mass is 16.5. The topological polar surface area (TPSA) is 29.5 Å². The molecule has 3 fully saturated rings. The molecule has 3 heteroatoms. The summed E-state index contributed by atoms with van der Waals surface area (Å²) in [6, 6.07) is 10.0. The number of carbonyl (C=O) groups excluding carboxylic acids is 1. The largest absolute Gasteiger partial charge is 0.351 e. The average Bonchev–Trinajstić information content (AvgIpc) is 3.03. The van der Waals surface area contributed by atoms with Gasteiger partial charge >= 0.3 is 0 Å². The predicted octanol–water partition coefficient (Wildman–Crippen LogP) is 1.95. The normalized spacial score (nSPS) is 42.5. The van der Waals surface area contributed by atoms with Gasteiger partial charge in [-0.1, -0.05) is 30.3 Å². The summed E-state index contributed by atoms with van der Waals surface area (Å²) in [5, 5.41) is 0.